The first-order valence-corrected chi connectivity index (χ1v) is 7.76. The molecule has 110 valence electrons. The number of nitro benzene ring substituents is 1. The van der Waals surface area contributed by atoms with Gasteiger partial charge in [-0.05, 0) is 35.6 Å². The maximum absolute atomic E-state index is 12.3. The summed E-state index contributed by atoms with van der Waals surface area (Å²) in [5, 5.41) is 23.0. The lowest BCUT2D eigenvalue weighted by Crippen LogP contribution is -2.01. The zero-order valence-electron chi connectivity index (χ0n) is 10.9. The summed E-state index contributed by atoms with van der Waals surface area (Å²) in [5.74, 6) is -0.882. The van der Waals surface area contributed by atoms with E-state index in [0.29, 0.717) is 14.9 Å². The summed E-state index contributed by atoms with van der Waals surface area (Å²) < 4.78 is 0.415. The number of fused-ring (bicyclic) bond motifs is 1. The molecular weight excluding hydrogens is 370 g/mol. The van der Waals surface area contributed by atoms with E-state index in [0.717, 1.165) is 11.0 Å². The van der Waals surface area contributed by atoms with E-state index in [2.05, 4.69) is 15.9 Å². The van der Waals surface area contributed by atoms with Gasteiger partial charge in [0.15, 0.2) is 0 Å². The maximum atomic E-state index is 12.3. The first-order valence-electron chi connectivity index (χ1n) is 6.15. The van der Waals surface area contributed by atoms with Crippen LogP contribution in [-0.4, -0.2) is 10.7 Å². The highest BCUT2D eigenvalue weighted by Crippen LogP contribution is 2.42. The van der Waals surface area contributed by atoms with Crippen LogP contribution in [0.2, 0.25) is 0 Å². The van der Waals surface area contributed by atoms with Crippen molar-refractivity contribution in [2.45, 2.75) is 4.90 Å². The molecule has 0 radical (unpaired) electrons. The number of Topliss-reactive ketones (excluding diaryl/α,β-unsaturated/α-hetero) is 1. The summed E-state index contributed by atoms with van der Waals surface area (Å²) in [6, 6.07) is 9.75. The SMILES string of the molecule is O=C1/C(=C/c2cc(Br)cc([N+](=O)[O-])c2[O-])Sc2ccccc21. The third-order valence-corrected chi connectivity index (χ3v) is 4.68. The topological polar surface area (TPSA) is 83.3 Å². The molecule has 1 aliphatic rings. The molecule has 0 N–H and O–H groups in total. The molecule has 0 spiro atoms. The van der Waals surface area contributed by atoms with Gasteiger partial charge in [-0.3, -0.25) is 14.9 Å². The molecule has 1 heterocycles. The zero-order chi connectivity index (χ0) is 15.9. The molecule has 0 aliphatic carbocycles. The standard InChI is InChI=1S/C15H8BrNO4S/c16-9-5-8(14(18)11(7-9)17(20)21)6-13-15(19)10-3-1-2-4-12(10)22-13/h1-7,18H/p-1/b13-6-. The van der Waals surface area contributed by atoms with Crippen LogP contribution in [0.15, 0.2) is 50.7 Å². The van der Waals surface area contributed by atoms with Crippen molar-refractivity contribution in [3.63, 3.8) is 0 Å². The zero-order valence-corrected chi connectivity index (χ0v) is 13.3. The lowest BCUT2D eigenvalue weighted by Gasteiger charge is -2.11. The van der Waals surface area contributed by atoms with Crippen molar-refractivity contribution >= 4 is 45.2 Å². The van der Waals surface area contributed by atoms with Crippen LogP contribution in [0.3, 0.4) is 0 Å². The molecule has 1 aliphatic heterocycles. The minimum Gasteiger partial charge on any atom is -0.867 e. The van der Waals surface area contributed by atoms with Gasteiger partial charge in [-0.25, -0.2) is 0 Å². The van der Waals surface area contributed by atoms with Crippen LogP contribution in [-0.2, 0) is 0 Å². The fourth-order valence-corrected chi connectivity index (χ4v) is 3.63. The molecule has 2 aromatic rings. The van der Waals surface area contributed by atoms with Crippen LogP contribution >= 0.6 is 27.7 Å². The van der Waals surface area contributed by atoms with E-state index in [1.807, 2.05) is 12.1 Å². The second kappa shape index (κ2) is 5.58. The number of carbonyl (C=O) groups excluding carboxylic acids is 1. The smallest absolute Gasteiger partial charge is 0.263 e. The second-order valence-corrected chi connectivity index (χ2v) is 6.54. The van der Waals surface area contributed by atoms with E-state index in [1.54, 1.807) is 12.1 Å². The van der Waals surface area contributed by atoms with Crippen molar-refractivity contribution in [1.29, 1.82) is 0 Å². The average molecular weight is 377 g/mol. The number of carbonyl (C=O) groups is 1. The van der Waals surface area contributed by atoms with Crippen LogP contribution in [0.5, 0.6) is 5.75 Å². The van der Waals surface area contributed by atoms with E-state index in [4.69, 9.17) is 0 Å². The van der Waals surface area contributed by atoms with Crippen LogP contribution in [0.4, 0.5) is 5.69 Å². The quantitative estimate of drug-likeness (QED) is 0.452. The normalized spacial score (nSPS) is 15.1. The minimum absolute atomic E-state index is 0.115. The Labute approximate surface area is 137 Å². The van der Waals surface area contributed by atoms with Crippen molar-refractivity contribution in [3.05, 3.63) is 67.0 Å². The molecule has 7 heteroatoms. The minimum atomic E-state index is -0.729. The molecule has 22 heavy (non-hydrogen) atoms. The number of halogens is 1. The van der Waals surface area contributed by atoms with Gasteiger partial charge in [0.2, 0.25) is 5.78 Å². The number of thioether (sulfide) groups is 1. The Balaban J connectivity index is 2.08. The number of hydrogen-bond donors (Lipinski definition) is 0. The number of ketones is 1. The van der Waals surface area contributed by atoms with Gasteiger partial charge in [0.05, 0.1) is 9.83 Å². The molecule has 0 saturated carbocycles. The van der Waals surface area contributed by atoms with Crippen LogP contribution in [0.25, 0.3) is 6.08 Å². The summed E-state index contributed by atoms with van der Waals surface area (Å²) in [7, 11) is 0. The lowest BCUT2D eigenvalue weighted by molar-refractivity contribution is -0.398. The van der Waals surface area contributed by atoms with Gasteiger partial charge in [-0.15, -0.1) is 0 Å². The molecule has 0 amide bonds. The highest BCUT2D eigenvalue weighted by Gasteiger charge is 2.25. The third kappa shape index (κ3) is 2.53. The highest BCUT2D eigenvalue weighted by molar-refractivity contribution is 9.10. The van der Waals surface area contributed by atoms with E-state index < -0.39 is 16.4 Å². The van der Waals surface area contributed by atoms with E-state index in [1.165, 1.54) is 23.9 Å². The predicted octanol–water partition coefficient (Wildman–Crippen LogP) is 3.76. The summed E-state index contributed by atoms with van der Waals surface area (Å²) in [4.78, 5) is 23.6. The maximum Gasteiger partial charge on any atom is 0.263 e. The summed E-state index contributed by atoms with van der Waals surface area (Å²) in [6.07, 6.45) is 1.41. The number of benzene rings is 2. The Hall–Kier alpha value is -2.12. The highest BCUT2D eigenvalue weighted by atomic mass is 79.9. The number of rotatable bonds is 2. The first-order chi connectivity index (χ1) is 10.5. The van der Waals surface area contributed by atoms with Gasteiger partial charge in [0, 0.05) is 21.0 Å². The number of nitrogens with zero attached hydrogens (tertiary/aromatic N) is 1. The summed E-state index contributed by atoms with van der Waals surface area (Å²) >= 11 is 4.40. The van der Waals surface area contributed by atoms with Gasteiger partial charge < -0.3 is 5.11 Å². The fourth-order valence-electron chi connectivity index (χ4n) is 2.12. The fraction of sp³-hybridized carbons (Fsp3) is 0. The van der Waals surface area contributed by atoms with Gasteiger partial charge in [0.25, 0.3) is 5.69 Å². The number of nitro groups is 1. The Bertz CT molecular complexity index is 847. The Morgan fingerprint density at radius 3 is 2.64 bits per heavy atom. The molecule has 5 nitrogen and oxygen atoms in total. The molecule has 3 rings (SSSR count). The van der Waals surface area contributed by atoms with Crippen LogP contribution in [0, 0.1) is 10.1 Å². The number of hydrogen-bond acceptors (Lipinski definition) is 5. The van der Waals surface area contributed by atoms with Crippen molar-refractivity contribution < 1.29 is 14.8 Å². The van der Waals surface area contributed by atoms with Gasteiger partial charge >= 0.3 is 0 Å². The average Bonchev–Trinajstić information content (AvgIpc) is 2.79. The molecule has 0 saturated heterocycles. The van der Waals surface area contributed by atoms with Crippen LogP contribution < -0.4 is 5.11 Å². The molecular formula is C15H7BrNO4S-. The Kier molecular flexibility index (Phi) is 3.76. The van der Waals surface area contributed by atoms with Crippen molar-refractivity contribution in [2.24, 2.45) is 0 Å². The van der Waals surface area contributed by atoms with E-state index >= 15 is 0 Å². The molecule has 0 aromatic heterocycles. The summed E-state index contributed by atoms with van der Waals surface area (Å²) in [6.45, 7) is 0. The monoisotopic (exact) mass is 376 g/mol. The largest absolute Gasteiger partial charge is 0.867 e. The van der Waals surface area contributed by atoms with E-state index in [9.17, 15) is 20.0 Å². The predicted molar refractivity (Wildman–Crippen MR) is 84.8 cm³/mol. The van der Waals surface area contributed by atoms with Gasteiger partial charge in [-0.2, -0.15) is 0 Å². The first kappa shape index (κ1) is 14.8. The van der Waals surface area contributed by atoms with Crippen LogP contribution in [0.1, 0.15) is 15.9 Å². The molecule has 2 aromatic carbocycles. The van der Waals surface area contributed by atoms with Gasteiger partial charge in [-0.1, -0.05) is 39.8 Å². The van der Waals surface area contributed by atoms with Gasteiger partial charge in [0.1, 0.15) is 0 Å². The third-order valence-electron chi connectivity index (χ3n) is 3.12. The Morgan fingerprint density at radius 1 is 1.23 bits per heavy atom. The van der Waals surface area contributed by atoms with E-state index in [-0.39, 0.29) is 11.3 Å². The number of allylic oxidation sites excluding steroid dienone is 1. The van der Waals surface area contributed by atoms with Crippen molar-refractivity contribution in [3.8, 4) is 5.75 Å². The Morgan fingerprint density at radius 2 is 1.95 bits per heavy atom. The molecule has 0 bridgehead atoms. The molecule has 0 unspecified atom stereocenters. The second-order valence-electron chi connectivity index (χ2n) is 4.54. The summed E-state index contributed by atoms with van der Waals surface area (Å²) in [5.41, 5.74) is 0.176. The molecule has 0 fully saturated rings. The van der Waals surface area contributed by atoms with Crippen molar-refractivity contribution in [1.82, 2.24) is 0 Å². The molecule has 0 atom stereocenters. The van der Waals surface area contributed by atoms with Crippen molar-refractivity contribution in [2.75, 3.05) is 0 Å². The lowest BCUT2D eigenvalue weighted by atomic mass is 10.1.